The van der Waals surface area contributed by atoms with Crippen LogP contribution in [0.25, 0.3) is 0 Å². The summed E-state index contributed by atoms with van der Waals surface area (Å²) >= 11 is 0. The van der Waals surface area contributed by atoms with Crippen LogP contribution in [0.4, 0.5) is 26.6 Å². The molecule has 1 aliphatic rings. The fourth-order valence-corrected chi connectivity index (χ4v) is 4.42. The maximum atomic E-state index is 14.7. The first-order valence-electron chi connectivity index (χ1n) is 12.9. The van der Waals surface area contributed by atoms with E-state index in [0.717, 1.165) is 31.0 Å². The molecule has 1 fully saturated rings. The van der Waals surface area contributed by atoms with Crippen molar-refractivity contribution in [3.05, 3.63) is 60.0 Å². The van der Waals surface area contributed by atoms with Gasteiger partial charge in [0.2, 0.25) is 5.95 Å². The average Bonchev–Trinajstić information content (AvgIpc) is 2.95. The number of ether oxygens (including phenoxy) is 3. The van der Waals surface area contributed by atoms with Gasteiger partial charge in [-0.3, -0.25) is 4.90 Å². The van der Waals surface area contributed by atoms with Crippen LogP contribution in [0, 0.1) is 5.82 Å². The van der Waals surface area contributed by atoms with Gasteiger partial charge < -0.3 is 29.5 Å². The molecule has 0 atom stereocenters. The highest BCUT2D eigenvalue weighted by atomic mass is 19.1. The molecule has 39 heavy (non-hydrogen) atoms. The number of amides is 1. The summed E-state index contributed by atoms with van der Waals surface area (Å²) in [5.41, 5.74) is 1.06. The second kappa shape index (κ2) is 13.6. The van der Waals surface area contributed by atoms with Crippen molar-refractivity contribution in [1.29, 1.82) is 0 Å². The number of anilines is 3. The van der Waals surface area contributed by atoms with E-state index in [-0.39, 0.29) is 24.1 Å². The predicted molar refractivity (Wildman–Crippen MR) is 146 cm³/mol. The van der Waals surface area contributed by atoms with Gasteiger partial charge >= 0.3 is 6.09 Å². The number of aromatic nitrogens is 2. The third kappa shape index (κ3) is 7.93. The molecule has 0 radical (unpaired) electrons. The van der Waals surface area contributed by atoms with Gasteiger partial charge in [0, 0.05) is 30.6 Å². The molecule has 1 aliphatic heterocycles. The zero-order valence-electron chi connectivity index (χ0n) is 22.2. The number of methoxy groups -OCH3 is 2. The molecule has 10 nitrogen and oxygen atoms in total. The number of carbonyl (C=O) groups is 1. The fourth-order valence-electron chi connectivity index (χ4n) is 4.42. The molecule has 0 spiro atoms. The lowest BCUT2D eigenvalue weighted by Gasteiger charge is -2.26. The number of nitrogens with zero attached hydrogens (tertiary/aromatic N) is 4. The van der Waals surface area contributed by atoms with Gasteiger partial charge in [-0.15, -0.1) is 0 Å². The van der Waals surface area contributed by atoms with Crippen LogP contribution in [-0.4, -0.2) is 66.5 Å². The van der Waals surface area contributed by atoms with Crippen LogP contribution in [0.5, 0.6) is 17.2 Å². The van der Waals surface area contributed by atoms with E-state index in [2.05, 4.69) is 20.2 Å². The Balaban J connectivity index is 1.39. The smallest absolute Gasteiger partial charge is 0.413 e. The summed E-state index contributed by atoms with van der Waals surface area (Å²) in [5, 5.41) is 12.8. The van der Waals surface area contributed by atoms with Gasteiger partial charge in [0.25, 0.3) is 0 Å². The monoisotopic (exact) mass is 539 g/mol. The van der Waals surface area contributed by atoms with Crippen molar-refractivity contribution in [1.82, 2.24) is 14.9 Å². The van der Waals surface area contributed by atoms with Crippen LogP contribution in [0.1, 0.15) is 31.2 Å². The van der Waals surface area contributed by atoms with E-state index in [1.54, 1.807) is 30.3 Å². The van der Waals surface area contributed by atoms with Gasteiger partial charge in [0.05, 0.1) is 27.4 Å². The van der Waals surface area contributed by atoms with Gasteiger partial charge in [-0.2, -0.15) is 4.98 Å². The van der Waals surface area contributed by atoms with Crippen molar-refractivity contribution < 1.29 is 28.5 Å². The first-order chi connectivity index (χ1) is 18.9. The van der Waals surface area contributed by atoms with E-state index in [0.29, 0.717) is 29.4 Å². The number of piperidine rings is 1. The quantitative estimate of drug-likeness (QED) is 0.296. The molecule has 1 aromatic heterocycles. The van der Waals surface area contributed by atoms with E-state index >= 15 is 0 Å². The Morgan fingerprint density at radius 1 is 1.08 bits per heavy atom. The number of carboxylic acid groups (broad SMARTS) is 1. The van der Waals surface area contributed by atoms with E-state index in [1.165, 1.54) is 51.8 Å². The zero-order valence-corrected chi connectivity index (χ0v) is 22.2. The van der Waals surface area contributed by atoms with E-state index in [9.17, 15) is 14.3 Å². The van der Waals surface area contributed by atoms with Crippen LogP contribution in [-0.2, 0) is 6.54 Å². The molecular formula is C28H34FN5O5. The molecule has 0 bridgehead atoms. The number of hydrogen-bond donors (Lipinski definition) is 2. The molecule has 0 saturated carbocycles. The molecule has 2 aromatic carbocycles. The Morgan fingerprint density at radius 3 is 2.49 bits per heavy atom. The largest absolute Gasteiger partial charge is 0.497 e. The van der Waals surface area contributed by atoms with Crippen molar-refractivity contribution >= 4 is 23.5 Å². The predicted octanol–water partition coefficient (Wildman–Crippen LogP) is 5.32. The summed E-state index contributed by atoms with van der Waals surface area (Å²) in [7, 11) is 3.04. The van der Waals surface area contributed by atoms with Crippen LogP contribution in [0.15, 0.2) is 48.7 Å². The minimum absolute atomic E-state index is 0.00221. The molecule has 2 N–H and O–H groups in total. The summed E-state index contributed by atoms with van der Waals surface area (Å²) in [6.07, 6.45) is 4.84. The van der Waals surface area contributed by atoms with Crippen LogP contribution in [0.3, 0.4) is 0 Å². The summed E-state index contributed by atoms with van der Waals surface area (Å²) in [6, 6.07) is 11.1. The third-order valence-corrected chi connectivity index (χ3v) is 6.41. The maximum absolute atomic E-state index is 14.7. The topological polar surface area (TPSA) is 109 Å². The molecule has 3 aromatic rings. The second-order valence-corrected chi connectivity index (χ2v) is 9.20. The average molecular weight is 540 g/mol. The molecule has 4 rings (SSSR count). The summed E-state index contributed by atoms with van der Waals surface area (Å²) in [5.74, 6) is 1.02. The Hall–Kier alpha value is -4.12. The molecule has 11 heteroatoms. The van der Waals surface area contributed by atoms with Gasteiger partial charge in [-0.25, -0.2) is 14.2 Å². The van der Waals surface area contributed by atoms with E-state index in [4.69, 9.17) is 14.2 Å². The van der Waals surface area contributed by atoms with Gasteiger partial charge in [0.15, 0.2) is 11.6 Å². The Bertz CT molecular complexity index is 1230. The normalized spacial score (nSPS) is 13.5. The minimum atomic E-state index is -1.20. The van der Waals surface area contributed by atoms with E-state index in [1.807, 2.05) is 0 Å². The van der Waals surface area contributed by atoms with Crippen molar-refractivity contribution in [3.8, 4) is 17.2 Å². The van der Waals surface area contributed by atoms with E-state index < -0.39 is 11.9 Å². The standard InChI is InChI=1S/C28H34FN5O5/c1-37-22-15-20(16-23(18-22)38-2)19-34(28(35)36)26-9-10-30-27(32-26)31-21-7-8-25(24(29)17-21)39-14-6-13-33-11-4-3-5-12-33/h7-10,15-18H,3-6,11-14,19H2,1-2H3,(H,35,36)(H,30,31,32). The molecule has 2 heterocycles. The van der Waals surface area contributed by atoms with Crippen LogP contribution < -0.4 is 24.4 Å². The summed E-state index contributed by atoms with van der Waals surface area (Å²) < 4.78 is 30.9. The minimum Gasteiger partial charge on any atom is -0.497 e. The number of rotatable bonds is 12. The number of benzene rings is 2. The number of halogens is 1. The highest BCUT2D eigenvalue weighted by molar-refractivity contribution is 5.84. The molecule has 208 valence electrons. The highest BCUT2D eigenvalue weighted by Crippen LogP contribution is 2.26. The number of likely N-dealkylation sites (tertiary alicyclic amines) is 1. The summed E-state index contributed by atoms with van der Waals surface area (Å²) in [6.45, 7) is 3.64. The fraction of sp³-hybridized carbons (Fsp3) is 0.393. The molecule has 0 aliphatic carbocycles. The van der Waals surface area contributed by atoms with Gasteiger partial charge in [0.1, 0.15) is 17.3 Å². The van der Waals surface area contributed by atoms with Gasteiger partial charge in [-0.1, -0.05) is 6.42 Å². The Labute approximate surface area is 227 Å². The molecular weight excluding hydrogens is 505 g/mol. The summed E-state index contributed by atoms with van der Waals surface area (Å²) in [4.78, 5) is 24.1. The lowest BCUT2D eigenvalue weighted by Crippen LogP contribution is -2.31. The van der Waals surface area contributed by atoms with Crippen LogP contribution in [0.2, 0.25) is 0 Å². The lowest BCUT2D eigenvalue weighted by atomic mass is 10.1. The zero-order chi connectivity index (χ0) is 27.6. The molecule has 1 saturated heterocycles. The van der Waals surface area contributed by atoms with Gasteiger partial charge in [-0.05, 0) is 68.2 Å². The SMILES string of the molecule is COc1cc(CN(C(=O)O)c2ccnc(Nc3ccc(OCCCN4CCCCC4)c(F)c3)n2)cc(OC)c1. The first-order valence-corrected chi connectivity index (χ1v) is 12.9. The first kappa shape index (κ1) is 27.9. The lowest BCUT2D eigenvalue weighted by molar-refractivity contribution is 0.201. The highest BCUT2D eigenvalue weighted by Gasteiger charge is 2.19. The number of nitrogens with one attached hydrogen (secondary N) is 1. The third-order valence-electron chi connectivity index (χ3n) is 6.41. The van der Waals surface area contributed by atoms with Crippen molar-refractivity contribution in [2.24, 2.45) is 0 Å². The van der Waals surface area contributed by atoms with Crippen molar-refractivity contribution in [3.63, 3.8) is 0 Å². The maximum Gasteiger partial charge on any atom is 0.413 e. The number of hydrogen-bond acceptors (Lipinski definition) is 8. The molecule has 0 unspecified atom stereocenters. The van der Waals surface area contributed by atoms with Crippen molar-refractivity contribution in [2.45, 2.75) is 32.2 Å². The Kier molecular flexibility index (Phi) is 9.74. The molecule has 1 amide bonds. The van der Waals surface area contributed by atoms with Crippen molar-refractivity contribution in [2.75, 3.05) is 50.7 Å². The Morgan fingerprint density at radius 2 is 1.82 bits per heavy atom. The van der Waals surface area contributed by atoms with Crippen LogP contribution >= 0.6 is 0 Å². The second-order valence-electron chi connectivity index (χ2n) is 9.20.